The fraction of sp³-hybridized carbons (Fsp3) is 1.00. The number of rotatable bonds is 0. The smallest absolute Gasteiger partial charge is 0.0125 e. The summed E-state index contributed by atoms with van der Waals surface area (Å²) < 4.78 is 0. The van der Waals surface area contributed by atoms with Gasteiger partial charge in [0.15, 0.2) is 0 Å². The third kappa shape index (κ3) is 1.57. The minimum absolute atomic E-state index is 0.505. The molecule has 0 aromatic rings. The molecule has 2 heterocycles. The predicted octanol–water partition coefficient (Wildman–Crippen LogP) is 1.21. The molecule has 0 aromatic carbocycles. The molecule has 0 spiro atoms. The second-order valence-electron chi connectivity index (χ2n) is 3.44. The van der Waals surface area contributed by atoms with Crippen molar-refractivity contribution in [3.8, 4) is 0 Å². The van der Waals surface area contributed by atoms with E-state index < -0.39 is 0 Å². The molecule has 2 saturated heterocycles. The quantitative estimate of drug-likeness (QED) is 0.571. The van der Waals surface area contributed by atoms with Crippen LogP contribution < -0.4 is 5.73 Å². The predicted molar refractivity (Wildman–Crippen MR) is 48.5 cm³/mol. The van der Waals surface area contributed by atoms with E-state index in [-0.39, 0.29) is 0 Å². The Hall–Kier alpha value is -0.0800. The highest BCUT2D eigenvalue weighted by Crippen LogP contribution is 2.35. The summed E-state index contributed by atoms with van der Waals surface area (Å²) in [5.74, 6) is 0. The van der Waals surface area contributed by atoms with Crippen LogP contribution in [0.3, 0.4) is 0 Å². The van der Waals surface area contributed by atoms with E-state index in [0.29, 0.717) is 6.04 Å². The Kier molecular flexibility index (Phi) is 2.90. The zero-order valence-electron chi connectivity index (χ0n) is 7.88. The summed E-state index contributed by atoms with van der Waals surface area (Å²) >= 11 is 0. The van der Waals surface area contributed by atoms with E-state index in [9.17, 15) is 0 Å². The number of hydrogen-bond acceptors (Lipinski definition) is 2. The van der Waals surface area contributed by atoms with E-state index in [1.807, 2.05) is 13.8 Å². The second kappa shape index (κ2) is 3.55. The molecule has 1 saturated carbocycles. The zero-order valence-corrected chi connectivity index (χ0v) is 7.88. The second-order valence-corrected chi connectivity index (χ2v) is 3.44. The highest BCUT2D eigenvalue weighted by molar-refractivity contribution is 4.99. The van der Waals surface area contributed by atoms with Gasteiger partial charge in [-0.1, -0.05) is 13.8 Å². The first-order chi connectivity index (χ1) is 5.27. The van der Waals surface area contributed by atoms with Crippen molar-refractivity contribution in [2.75, 3.05) is 7.05 Å². The molecule has 2 atom stereocenters. The van der Waals surface area contributed by atoms with Crippen molar-refractivity contribution in [2.24, 2.45) is 5.73 Å². The zero-order chi connectivity index (χ0) is 8.43. The molecule has 2 heteroatoms. The number of nitrogens with zero attached hydrogens (tertiary/aromatic N) is 1. The maximum Gasteiger partial charge on any atom is 0.0125 e. The number of piperidine rings is 1. The summed E-state index contributed by atoms with van der Waals surface area (Å²) in [6.07, 6.45) is 3.87. The molecular weight excluding hydrogens is 136 g/mol. The minimum Gasteiger partial charge on any atom is -0.328 e. The lowest BCUT2D eigenvalue weighted by Gasteiger charge is -2.53. The van der Waals surface area contributed by atoms with Crippen LogP contribution in [0.25, 0.3) is 0 Å². The summed E-state index contributed by atoms with van der Waals surface area (Å²) in [5, 5.41) is 0. The Balaban J connectivity index is 0.000000281. The van der Waals surface area contributed by atoms with Crippen LogP contribution in [-0.4, -0.2) is 30.1 Å². The molecule has 2 nitrogen and oxygen atoms in total. The van der Waals surface area contributed by atoms with Crippen molar-refractivity contribution in [3.63, 3.8) is 0 Å². The van der Waals surface area contributed by atoms with E-state index in [1.165, 1.54) is 19.3 Å². The molecule has 3 fully saturated rings. The molecule has 3 rings (SSSR count). The van der Waals surface area contributed by atoms with Gasteiger partial charge in [-0.25, -0.2) is 0 Å². The van der Waals surface area contributed by atoms with E-state index >= 15 is 0 Å². The van der Waals surface area contributed by atoms with Gasteiger partial charge in [0.1, 0.15) is 0 Å². The fourth-order valence-corrected chi connectivity index (χ4v) is 2.13. The molecule has 0 aromatic heterocycles. The van der Waals surface area contributed by atoms with Gasteiger partial charge < -0.3 is 10.6 Å². The van der Waals surface area contributed by atoms with Crippen LogP contribution in [0.1, 0.15) is 33.1 Å². The van der Waals surface area contributed by atoms with Crippen LogP contribution in [0.2, 0.25) is 0 Å². The van der Waals surface area contributed by atoms with Gasteiger partial charge >= 0.3 is 0 Å². The third-order valence-electron chi connectivity index (χ3n) is 2.85. The average molecular weight is 156 g/mol. The lowest BCUT2D eigenvalue weighted by atomic mass is 9.78. The maximum atomic E-state index is 5.79. The fourth-order valence-electron chi connectivity index (χ4n) is 2.13. The van der Waals surface area contributed by atoms with Crippen molar-refractivity contribution >= 4 is 0 Å². The van der Waals surface area contributed by atoms with E-state index in [1.54, 1.807) is 0 Å². The first-order valence-corrected chi connectivity index (χ1v) is 4.75. The van der Waals surface area contributed by atoms with Crippen molar-refractivity contribution in [3.05, 3.63) is 0 Å². The molecule has 2 unspecified atom stereocenters. The van der Waals surface area contributed by atoms with Crippen molar-refractivity contribution < 1.29 is 0 Å². The van der Waals surface area contributed by atoms with E-state index in [0.717, 1.165) is 12.1 Å². The normalized spacial score (nSPS) is 42.0. The molecule has 2 bridgehead atoms. The largest absolute Gasteiger partial charge is 0.328 e. The van der Waals surface area contributed by atoms with Crippen molar-refractivity contribution in [1.29, 1.82) is 0 Å². The van der Waals surface area contributed by atoms with Crippen LogP contribution in [0.15, 0.2) is 0 Å². The van der Waals surface area contributed by atoms with Gasteiger partial charge in [-0.3, -0.25) is 0 Å². The van der Waals surface area contributed by atoms with Crippen LogP contribution >= 0.6 is 0 Å². The highest BCUT2D eigenvalue weighted by Gasteiger charge is 2.41. The molecular formula is C9H20N2. The van der Waals surface area contributed by atoms with Gasteiger partial charge in [-0.2, -0.15) is 0 Å². The molecule has 3 aliphatic rings. The monoisotopic (exact) mass is 156 g/mol. The SMILES string of the molecule is CC.CN1C2CC(N)CC1C2. The standard InChI is InChI=1S/C7H14N2.C2H6/c1-9-6-2-5(8)3-7(9)4-6;1-2/h5-7H,2-4,8H2,1H3;1-2H3. The summed E-state index contributed by atoms with van der Waals surface area (Å²) in [5.41, 5.74) is 5.79. The van der Waals surface area contributed by atoms with Gasteiger partial charge in [0.25, 0.3) is 0 Å². The summed E-state index contributed by atoms with van der Waals surface area (Å²) in [6.45, 7) is 4.00. The van der Waals surface area contributed by atoms with Gasteiger partial charge in [0, 0.05) is 18.1 Å². The Morgan fingerprint density at radius 1 is 1.09 bits per heavy atom. The molecule has 2 aliphatic heterocycles. The maximum absolute atomic E-state index is 5.79. The van der Waals surface area contributed by atoms with Gasteiger partial charge in [-0.15, -0.1) is 0 Å². The van der Waals surface area contributed by atoms with Crippen LogP contribution in [-0.2, 0) is 0 Å². The Bertz CT molecular complexity index is 113. The first-order valence-electron chi connectivity index (χ1n) is 4.75. The van der Waals surface area contributed by atoms with Crippen molar-refractivity contribution in [2.45, 2.75) is 51.2 Å². The number of hydrogen-bond donors (Lipinski definition) is 1. The molecule has 0 radical (unpaired) electrons. The molecule has 2 N–H and O–H groups in total. The lowest BCUT2D eigenvalue weighted by Crippen LogP contribution is -2.61. The molecule has 66 valence electrons. The van der Waals surface area contributed by atoms with Gasteiger partial charge in [-0.05, 0) is 26.3 Å². The van der Waals surface area contributed by atoms with E-state index in [4.69, 9.17) is 5.73 Å². The molecule has 1 aliphatic carbocycles. The first kappa shape index (κ1) is 9.01. The summed E-state index contributed by atoms with van der Waals surface area (Å²) in [7, 11) is 2.21. The minimum atomic E-state index is 0.505. The third-order valence-corrected chi connectivity index (χ3v) is 2.85. The topological polar surface area (TPSA) is 29.3 Å². The van der Waals surface area contributed by atoms with Crippen LogP contribution in [0, 0.1) is 0 Å². The Morgan fingerprint density at radius 3 is 1.82 bits per heavy atom. The summed E-state index contributed by atoms with van der Waals surface area (Å²) in [4.78, 5) is 2.46. The summed E-state index contributed by atoms with van der Waals surface area (Å²) in [6, 6.07) is 2.17. The molecule has 11 heavy (non-hydrogen) atoms. The van der Waals surface area contributed by atoms with Gasteiger partial charge in [0.2, 0.25) is 0 Å². The van der Waals surface area contributed by atoms with Crippen LogP contribution in [0.5, 0.6) is 0 Å². The highest BCUT2D eigenvalue weighted by atomic mass is 15.2. The Morgan fingerprint density at radius 2 is 1.55 bits per heavy atom. The van der Waals surface area contributed by atoms with Crippen molar-refractivity contribution in [1.82, 2.24) is 4.90 Å². The lowest BCUT2D eigenvalue weighted by molar-refractivity contribution is -0.0114. The van der Waals surface area contributed by atoms with Crippen LogP contribution in [0.4, 0.5) is 0 Å². The average Bonchev–Trinajstić information content (AvgIpc) is 2.07. The van der Waals surface area contributed by atoms with Gasteiger partial charge in [0.05, 0.1) is 0 Å². The number of fused-ring (bicyclic) bond motifs is 2. The van der Waals surface area contributed by atoms with E-state index in [2.05, 4.69) is 11.9 Å². The molecule has 0 amide bonds. The number of nitrogens with two attached hydrogens (primary N) is 1. The Labute approximate surface area is 69.8 Å².